The van der Waals surface area contributed by atoms with Crippen molar-refractivity contribution in [3.05, 3.63) is 66.0 Å². The van der Waals surface area contributed by atoms with Crippen molar-refractivity contribution in [3.8, 4) is 11.5 Å². The van der Waals surface area contributed by atoms with Gasteiger partial charge in [0, 0.05) is 49.6 Å². The summed E-state index contributed by atoms with van der Waals surface area (Å²) in [6, 6.07) is 12.5. The van der Waals surface area contributed by atoms with Crippen molar-refractivity contribution in [2.45, 2.75) is 58.4 Å². The monoisotopic (exact) mass is 601 g/mol. The summed E-state index contributed by atoms with van der Waals surface area (Å²) in [5.41, 5.74) is 2.12. The Bertz CT molecular complexity index is 1530. The van der Waals surface area contributed by atoms with Crippen molar-refractivity contribution in [2.24, 2.45) is 0 Å². The number of hydrogen-bond acceptors (Lipinski definition) is 7. The van der Waals surface area contributed by atoms with Crippen LogP contribution in [0.2, 0.25) is 0 Å². The number of nitrogens with zero attached hydrogens (tertiary/aromatic N) is 4. The van der Waals surface area contributed by atoms with Crippen molar-refractivity contribution in [2.75, 3.05) is 36.0 Å². The second kappa shape index (κ2) is 14.9. The molecule has 1 aliphatic rings. The second-order valence-corrected chi connectivity index (χ2v) is 12.4. The van der Waals surface area contributed by atoms with E-state index in [1.165, 1.54) is 19.0 Å². The van der Waals surface area contributed by atoms with Crippen LogP contribution in [-0.4, -0.2) is 68.3 Å². The Morgan fingerprint density at radius 2 is 1.91 bits per heavy atom. The predicted octanol–water partition coefficient (Wildman–Crippen LogP) is 6.37. The quantitative estimate of drug-likeness (QED) is 0.120. The summed E-state index contributed by atoms with van der Waals surface area (Å²) >= 11 is 0. The number of ether oxygens (including phenoxy) is 1. The number of carbonyl (C=O) groups is 2. The number of rotatable bonds is 13. The lowest BCUT2D eigenvalue weighted by Crippen LogP contribution is -2.45. The molecule has 0 saturated carbocycles. The number of aromatic amines is 1. The number of unbranched alkanes of at least 4 members (excludes halogenated alkanes) is 1. The predicted molar refractivity (Wildman–Crippen MR) is 173 cm³/mol. The Labute approximate surface area is 254 Å². The van der Waals surface area contributed by atoms with Crippen molar-refractivity contribution in [3.63, 3.8) is 0 Å². The fraction of sp³-hybridized carbons (Fsp3) is 0.406. The molecule has 2 atom stereocenters. The van der Waals surface area contributed by atoms with E-state index in [1.54, 1.807) is 42.7 Å². The van der Waals surface area contributed by atoms with E-state index in [4.69, 9.17) is 4.74 Å². The van der Waals surface area contributed by atoms with E-state index < -0.39 is 0 Å². The third-order valence-corrected chi connectivity index (χ3v) is 8.90. The molecule has 226 valence electrons. The molecule has 43 heavy (non-hydrogen) atoms. The number of carbonyl (C=O) groups excluding carboxylic acids is 2. The summed E-state index contributed by atoms with van der Waals surface area (Å²) in [5, 5.41) is 14.6. The number of anilines is 2. The van der Waals surface area contributed by atoms with E-state index in [0.717, 1.165) is 51.5 Å². The third kappa shape index (κ3) is 8.29. The van der Waals surface area contributed by atoms with E-state index in [2.05, 4.69) is 37.7 Å². The minimum atomic E-state index is -0.246. The van der Waals surface area contributed by atoms with Crippen LogP contribution in [-0.2, 0) is 4.79 Å². The van der Waals surface area contributed by atoms with Gasteiger partial charge >= 0.3 is 0 Å². The maximum atomic E-state index is 12.9. The number of benzene rings is 1. The first kappa shape index (κ1) is 30.4. The van der Waals surface area contributed by atoms with Crippen LogP contribution in [0.3, 0.4) is 0 Å². The van der Waals surface area contributed by atoms with E-state index in [9.17, 15) is 9.59 Å². The van der Waals surface area contributed by atoms with Crippen molar-refractivity contribution < 1.29 is 14.3 Å². The highest BCUT2D eigenvalue weighted by Gasteiger charge is 2.25. The number of piperidine rings is 1. The largest absolute Gasteiger partial charge is 0.456 e. The molecule has 3 aromatic heterocycles. The first-order valence-electron chi connectivity index (χ1n) is 15.1. The summed E-state index contributed by atoms with van der Waals surface area (Å²) in [6.07, 6.45) is 11.8. The minimum Gasteiger partial charge on any atom is -0.456 e. The zero-order valence-corrected chi connectivity index (χ0v) is 25.9. The van der Waals surface area contributed by atoms with Gasteiger partial charge < -0.3 is 20.3 Å². The van der Waals surface area contributed by atoms with Crippen LogP contribution in [0.25, 0.3) is 11.0 Å². The van der Waals surface area contributed by atoms with E-state index in [0.29, 0.717) is 47.3 Å². The molecule has 10 nitrogen and oxygen atoms in total. The van der Waals surface area contributed by atoms with Gasteiger partial charge in [0.05, 0.1) is 0 Å². The lowest BCUT2D eigenvalue weighted by atomic mass is 10.0. The number of fused-ring (bicyclic) bond motifs is 1. The lowest BCUT2D eigenvalue weighted by molar-refractivity contribution is -0.132. The van der Waals surface area contributed by atoms with Crippen LogP contribution in [0.1, 0.15) is 61.4 Å². The minimum absolute atomic E-state index is 0.0874. The Morgan fingerprint density at radius 3 is 2.72 bits per heavy atom. The molecule has 0 bridgehead atoms. The summed E-state index contributed by atoms with van der Waals surface area (Å²) in [6.45, 7) is 5.63. The van der Waals surface area contributed by atoms with Gasteiger partial charge in [0.15, 0.2) is 11.5 Å². The van der Waals surface area contributed by atoms with Crippen molar-refractivity contribution in [1.82, 2.24) is 25.1 Å². The SMILES string of the molecule is CCCCPCCCC(=O)N1CCC[C@@H](Nc2n[nH]c3nccc(Oc4ccc(C(=O)Nc5cc(C)ccn5)cc4)c23)C1. The molecular formula is C32H40N7O3P. The number of hydrogen-bond donors (Lipinski definition) is 3. The van der Waals surface area contributed by atoms with Crippen LogP contribution in [0.15, 0.2) is 54.9 Å². The van der Waals surface area contributed by atoms with Crippen LogP contribution < -0.4 is 15.4 Å². The van der Waals surface area contributed by atoms with Gasteiger partial charge in [-0.3, -0.25) is 14.7 Å². The zero-order valence-electron chi connectivity index (χ0n) is 24.9. The van der Waals surface area contributed by atoms with Gasteiger partial charge in [0.2, 0.25) is 5.91 Å². The van der Waals surface area contributed by atoms with Crippen LogP contribution >= 0.6 is 8.58 Å². The number of nitrogens with one attached hydrogen (secondary N) is 3. The van der Waals surface area contributed by atoms with E-state index in [1.807, 2.05) is 24.0 Å². The average molecular weight is 602 g/mol. The number of aromatic nitrogens is 4. The standard InChI is InChI=1S/C32H40N7O3P/c1-3-4-18-43-19-6-8-28(40)39-17-5-7-24(21-39)35-31-29-26(14-16-34-30(29)37-38-31)42-25-11-9-23(10-12-25)32(41)36-27-20-22(2)13-15-33-27/h9-16,20,24,43H,3-8,17-19,21H2,1-2H3,(H,33,36,41)(H2,34,35,37,38)/t24-/m1/s1. The molecule has 1 aliphatic heterocycles. The molecule has 1 unspecified atom stereocenters. The molecule has 0 aliphatic carbocycles. The van der Waals surface area contributed by atoms with Gasteiger partial charge in [-0.15, -0.1) is 8.58 Å². The smallest absolute Gasteiger partial charge is 0.256 e. The molecule has 0 radical (unpaired) electrons. The molecule has 3 N–H and O–H groups in total. The second-order valence-electron chi connectivity index (χ2n) is 10.9. The molecule has 4 heterocycles. The van der Waals surface area contributed by atoms with Crippen molar-refractivity contribution in [1.29, 1.82) is 0 Å². The fourth-order valence-electron chi connectivity index (χ4n) is 5.17. The summed E-state index contributed by atoms with van der Waals surface area (Å²) in [5.74, 6) is 2.33. The summed E-state index contributed by atoms with van der Waals surface area (Å²) < 4.78 is 6.24. The Hall–Kier alpha value is -4.04. The summed E-state index contributed by atoms with van der Waals surface area (Å²) in [7, 11) is 0.965. The zero-order chi connectivity index (χ0) is 30.0. The van der Waals surface area contributed by atoms with Crippen molar-refractivity contribution >= 4 is 43.1 Å². The number of H-pyrrole nitrogens is 1. The highest BCUT2D eigenvalue weighted by atomic mass is 31.1. The molecule has 4 aromatic rings. The number of amides is 2. The highest BCUT2D eigenvalue weighted by Crippen LogP contribution is 2.33. The Morgan fingerprint density at radius 1 is 1.09 bits per heavy atom. The average Bonchev–Trinajstić information content (AvgIpc) is 3.43. The van der Waals surface area contributed by atoms with Gasteiger partial charge in [0.25, 0.3) is 5.91 Å². The van der Waals surface area contributed by atoms with Gasteiger partial charge in [-0.1, -0.05) is 13.3 Å². The van der Waals surface area contributed by atoms with E-state index in [-0.39, 0.29) is 17.9 Å². The van der Waals surface area contributed by atoms with Gasteiger partial charge in [-0.05, 0) is 86.9 Å². The molecule has 1 saturated heterocycles. The Balaban J connectivity index is 1.20. The molecule has 2 amide bonds. The molecule has 0 spiro atoms. The first-order chi connectivity index (χ1) is 21.0. The first-order valence-corrected chi connectivity index (χ1v) is 16.5. The molecule has 5 rings (SSSR count). The topological polar surface area (TPSA) is 125 Å². The van der Waals surface area contributed by atoms with Crippen LogP contribution in [0, 0.1) is 6.92 Å². The number of pyridine rings is 2. The third-order valence-electron chi connectivity index (χ3n) is 7.49. The molecule has 11 heteroatoms. The molecular weight excluding hydrogens is 561 g/mol. The fourth-order valence-corrected chi connectivity index (χ4v) is 6.45. The maximum absolute atomic E-state index is 12.9. The summed E-state index contributed by atoms with van der Waals surface area (Å²) in [4.78, 5) is 36.2. The Kier molecular flexibility index (Phi) is 10.6. The normalized spacial score (nSPS) is 15.2. The van der Waals surface area contributed by atoms with Gasteiger partial charge in [-0.25, -0.2) is 9.97 Å². The maximum Gasteiger partial charge on any atom is 0.256 e. The van der Waals surface area contributed by atoms with E-state index >= 15 is 0 Å². The van der Waals surface area contributed by atoms with Gasteiger partial charge in [-0.2, -0.15) is 5.10 Å². The van der Waals surface area contributed by atoms with Gasteiger partial charge in [0.1, 0.15) is 22.7 Å². The van der Waals surface area contributed by atoms with Crippen LogP contribution in [0.4, 0.5) is 11.6 Å². The number of aryl methyl sites for hydroxylation is 1. The number of likely N-dealkylation sites (tertiary alicyclic amines) is 1. The molecule has 1 aromatic carbocycles. The molecule has 1 fully saturated rings. The highest BCUT2D eigenvalue weighted by molar-refractivity contribution is 7.37. The van der Waals surface area contributed by atoms with Crippen LogP contribution in [0.5, 0.6) is 11.5 Å². The lowest BCUT2D eigenvalue weighted by Gasteiger charge is -2.33.